The van der Waals surface area contributed by atoms with E-state index in [1.54, 1.807) is 30.2 Å². The molecule has 2 amide bonds. The molecule has 0 bridgehead atoms. The van der Waals surface area contributed by atoms with Crippen LogP contribution in [-0.4, -0.2) is 38.4 Å². The number of aromatic nitrogens is 4. The van der Waals surface area contributed by atoms with Crippen molar-refractivity contribution >= 4 is 17.5 Å². The summed E-state index contributed by atoms with van der Waals surface area (Å²) in [6.07, 6.45) is 4.83. The molecule has 0 spiro atoms. The zero-order valence-corrected chi connectivity index (χ0v) is 12.2. The molecular formula is C13H18N6O2. The van der Waals surface area contributed by atoms with Gasteiger partial charge in [0.1, 0.15) is 6.54 Å². The van der Waals surface area contributed by atoms with Gasteiger partial charge >= 0.3 is 0 Å². The van der Waals surface area contributed by atoms with Crippen molar-refractivity contribution in [3.8, 4) is 0 Å². The Morgan fingerprint density at radius 3 is 2.76 bits per heavy atom. The second-order valence-electron chi connectivity index (χ2n) is 4.83. The van der Waals surface area contributed by atoms with Gasteiger partial charge in [-0.15, -0.1) is 0 Å². The van der Waals surface area contributed by atoms with Gasteiger partial charge in [-0.3, -0.25) is 19.0 Å². The molecule has 8 nitrogen and oxygen atoms in total. The molecule has 2 aromatic heterocycles. The molecule has 2 heterocycles. The fraction of sp³-hybridized carbons (Fsp3) is 0.385. The molecule has 0 atom stereocenters. The van der Waals surface area contributed by atoms with Crippen molar-refractivity contribution in [3.05, 3.63) is 30.4 Å². The van der Waals surface area contributed by atoms with Crippen LogP contribution in [0.2, 0.25) is 0 Å². The second-order valence-corrected chi connectivity index (χ2v) is 4.83. The van der Waals surface area contributed by atoms with Crippen LogP contribution < -0.4 is 10.6 Å². The lowest BCUT2D eigenvalue weighted by molar-refractivity contribution is -0.121. The van der Waals surface area contributed by atoms with E-state index < -0.39 is 0 Å². The summed E-state index contributed by atoms with van der Waals surface area (Å²) < 4.78 is 3.16. The Bertz CT molecular complexity index is 643. The Labute approximate surface area is 122 Å². The number of likely N-dealkylation sites (N-methyl/N-ethyl adjacent to an activating group) is 1. The maximum atomic E-state index is 12.0. The first-order valence-electron chi connectivity index (χ1n) is 6.59. The molecule has 0 radical (unpaired) electrons. The van der Waals surface area contributed by atoms with Crippen molar-refractivity contribution < 1.29 is 9.59 Å². The number of nitrogens with zero attached hydrogens (tertiary/aromatic N) is 4. The predicted molar refractivity (Wildman–Crippen MR) is 76.9 cm³/mol. The van der Waals surface area contributed by atoms with Crippen molar-refractivity contribution in [2.24, 2.45) is 0 Å². The Morgan fingerprint density at radius 1 is 1.38 bits per heavy atom. The maximum Gasteiger partial charge on any atom is 0.276 e. The average Bonchev–Trinajstić information content (AvgIpc) is 3.07. The fourth-order valence-electron chi connectivity index (χ4n) is 1.68. The van der Waals surface area contributed by atoms with Crippen LogP contribution in [0.4, 0.5) is 5.69 Å². The summed E-state index contributed by atoms with van der Waals surface area (Å²) in [7, 11) is 1.56. The Morgan fingerprint density at radius 2 is 2.14 bits per heavy atom. The van der Waals surface area contributed by atoms with E-state index in [1.165, 1.54) is 10.9 Å². The highest BCUT2D eigenvalue weighted by Crippen LogP contribution is 2.09. The predicted octanol–water partition coefficient (Wildman–Crippen LogP) is 0.659. The normalized spacial score (nSPS) is 10.7. The molecule has 21 heavy (non-hydrogen) atoms. The van der Waals surface area contributed by atoms with Gasteiger partial charge in [0.15, 0.2) is 5.69 Å². The molecule has 0 saturated heterocycles. The minimum absolute atomic E-state index is 0.106. The van der Waals surface area contributed by atoms with E-state index >= 15 is 0 Å². The molecule has 2 aromatic rings. The van der Waals surface area contributed by atoms with E-state index in [1.807, 2.05) is 13.8 Å². The number of amides is 2. The highest BCUT2D eigenvalue weighted by Gasteiger charge is 2.12. The quantitative estimate of drug-likeness (QED) is 0.845. The van der Waals surface area contributed by atoms with Gasteiger partial charge < -0.3 is 10.6 Å². The smallest absolute Gasteiger partial charge is 0.276 e. The molecule has 8 heteroatoms. The standard InChI is InChI=1S/C13H18N6O2/c1-9(2)19-5-4-11(17-19)13(21)16-10-6-15-18(7-10)8-12(20)14-3/h4-7,9H,8H2,1-3H3,(H,14,20)(H,16,21). The van der Waals surface area contributed by atoms with Crippen LogP contribution >= 0.6 is 0 Å². The monoisotopic (exact) mass is 290 g/mol. The van der Waals surface area contributed by atoms with Crippen molar-refractivity contribution in [2.75, 3.05) is 12.4 Å². The van der Waals surface area contributed by atoms with Gasteiger partial charge in [-0.05, 0) is 19.9 Å². The van der Waals surface area contributed by atoms with Crippen molar-refractivity contribution in [1.82, 2.24) is 24.9 Å². The number of hydrogen-bond donors (Lipinski definition) is 2. The molecule has 0 aliphatic rings. The van der Waals surface area contributed by atoms with E-state index in [-0.39, 0.29) is 24.4 Å². The number of carbonyl (C=O) groups is 2. The Balaban J connectivity index is 2.00. The van der Waals surface area contributed by atoms with Gasteiger partial charge in [-0.1, -0.05) is 0 Å². The summed E-state index contributed by atoms with van der Waals surface area (Å²) in [5.74, 6) is -0.472. The Hall–Kier alpha value is -2.64. The number of hydrogen-bond acceptors (Lipinski definition) is 4. The minimum atomic E-state index is -0.311. The van der Waals surface area contributed by atoms with E-state index in [2.05, 4.69) is 20.8 Å². The van der Waals surface area contributed by atoms with Crippen LogP contribution in [0.15, 0.2) is 24.7 Å². The molecule has 0 aliphatic carbocycles. The van der Waals surface area contributed by atoms with Gasteiger partial charge in [-0.2, -0.15) is 10.2 Å². The summed E-state index contributed by atoms with van der Waals surface area (Å²) in [5, 5.41) is 13.4. The summed E-state index contributed by atoms with van der Waals surface area (Å²) in [4.78, 5) is 23.3. The van der Waals surface area contributed by atoms with Gasteiger partial charge in [0.2, 0.25) is 5.91 Å². The molecule has 0 aromatic carbocycles. The van der Waals surface area contributed by atoms with Crippen molar-refractivity contribution in [2.45, 2.75) is 26.4 Å². The average molecular weight is 290 g/mol. The lowest BCUT2D eigenvalue weighted by Crippen LogP contribution is -2.23. The second kappa shape index (κ2) is 6.21. The topological polar surface area (TPSA) is 93.8 Å². The van der Waals surface area contributed by atoms with Crippen LogP contribution in [0.1, 0.15) is 30.4 Å². The fourth-order valence-corrected chi connectivity index (χ4v) is 1.68. The third kappa shape index (κ3) is 3.68. The summed E-state index contributed by atoms with van der Waals surface area (Å²) in [5.41, 5.74) is 0.853. The van der Waals surface area contributed by atoms with E-state index in [0.29, 0.717) is 11.4 Å². The molecule has 0 fully saturated rings. The molecular weight excluding hydrogens is 272 g/mol. The molecule has 2 rings (SSSR count). The third-order valence-electron chi connectivity index (χ3n) is 2.85. The lowest BCUT2D eigenvalue weighted by Gasteiger charge is -2.03. The third-order valence-corrected chi connectivity index (χ3v) is 2.85. The van der Waals surface area contributed by atoms with Gasteiger partial charge in [-0.25, -0.2) is 0 Å². The van der Waals surface area contributed by atoms with Gasteiger partial charge in [0.05, 0.1) is 11.9 Å². The molecule has 2 N–H and O–H groups in total. The zero-order chi connectivity index (χ0) is 15.4. The molecule has 0 unspecified atom stereocenters. The highest BCUT2D eigenvalue weighted by molar-refractivity contribution is 6.02. The first-order chi connectivity index (χ1) is 9.99. The lowest BCUT2D eigenvalue weighted by atomic mass is 10.4. The van der Waals surface area contributed by atoms with Gasteiger partial charge in [0.25, 0.3) is 5.91 Å². The molecule has 0 saturated carbocycles. The first-order valence-corrected chi connectivity index (χ1v) is 6.59. The molecule has 0 aliphatic heterocycles. The highest BCUT2D eigenvalue weighted by atomic mass is 16.2. The summed E-state index contributed by atoms with van der Waals surface area (Å²) in [6.45, 7) is 4.07. The van der Waals surface area contributed by atoms with Crippen molar-refractivity contribution in [3.63, 3.8) is 0 Å². The SMILES string of the molecule is CNC(=O)Cn1cc(NC(=O)c2ccn(C(C)C)n2)cn1. The largest absolute Gasteiger partial charge is 0.358 e. The number of nitrogens with one attached hydrogen (secondary N) is 2. The van der Waals surface area contributed by atoms with Crippen LogP contribution in [0.5, 0.6) is 0 Å². The number of anilines is 1. The van der Waals surface area contributed by atoms with Crippen molar-refractivity contribution in [1.29, 1.82) is 0 Å². The number of rotatable bonds is 5. The maximum absolute atomic E-state index is 12.0. The number of carbonyl (C=O) groups excluding carboxylic acids is 2. The van der Waals surface area contributed by atoms with Gasteiger partial charge in [0, 0.05) is 25.5 Å². The summed E-state index contributed by atoms with van der Waals surface area (Å²) >= 11 is 0. The Kier molecular flexibility index (Phi) is 4.36. The summed E-state index contributed by atoms with van der Waals surface area (Å²) in [6, 6.07) is 1.85. The van der Waals surface area contributed by atoms with E-state index in [4.69, 9.17) is 0 Å². The van der Waals surface area contributed by atoms with E-state index in [9.17, 15) is 9.59 Å². The van der Waals surface area contributed by atoms with E-state index in [0.717, 1.165) is 0 Å². The minimum Gasteiger partial charge on any atom is -0.358 e. The van der Waals surface area contributed by atoms with Crippen LogP contribution in [0.3, 0.4) is 0 Å². The first kappa shape index (κ1) is 14.8. The zero-order valence-electron chi connectivity index (χ0n) is 12.2. The van der Waals surface area contributed by atoms with Crippen LogP contribution in [0.25, 0.3) is 0 Å². The van der Waals surface area contributed by atoms with Crippen LogP contribution in [0, 0.1) is 0 Å². The van der Waals surface area contributed by atoms with Crippen LogP contribution in [-0.2, 0) is 11.3 Å². The molecule has 112 valence electrons.